The zero-order valence-electron chi connectivity index (χ0n) is 21.3. The average Bonchev–Trinajstić information content (AvgIpc) is 3.54. The van der Waals surface area contributed by atoms with Crippen molar-refractivity contribution in [1.82, 2.24) is 14.8 Å². The minimum atomic E-state index is -0.470. The number of halogens is 1. The second kappa shape index (κ2) is 9.92. The van der Waals surface area contributed by atoms with Gasteiger partial charge in [-0.05, 0) is 60.9 Å². The number of nitrogens with one attached hydrogen (secondary N) is 1. The van der Waals surface area contributed by atoms with Crippen molar-refractivity contribution in [3.05, 3.63) is 107 Å². The molecule has 0 spiro atoms. The number of para-hydroxylation sites is 2. The molecule has 1 aliphatic rings. The molecule has 2 aromatic carbocycles. The van der Waals surface area contributed by atoms with E-state index < -0.39 is 5.82 Å². The Morgan fingerprint density at radius 1 is 1.03 bits per heavy atom. The van der Waals surface area contributed by atoms with E-state index in [0.717, 1.165) is 27.4 Å². The molecule has 5 aromatic rings. The SMILES string of the molecule is Cc1cccc(F)c1NC(=O)c1cc2c(s1)-c1ccccc1N(C(=O)c1cccc(-c3ccnn3C)n1)CC2. The molecule has 0 fully saturated rings. The van der Waals surface area contributed by atoms with Crippen molar-refractivity contribution in [3.63, 3.8) is 0 Å². The lowest BCUT2D eigenvalue weighted by Crippen LogP contribution is -2.33. The summed E-state index contributed by atoms with van der Waals surface area (Å²) in [4.78, 5) is 34.7. The van der Waals surface area contributed by atoms with Crippen LogP contribution in [0, 0.1) is 12.7 Å². The smallest absolute Gasteiger partial charge is 0.276 e. The predicted molar refractivity (Wildman–Crippen MR) is 151 cm³/mol. The number of rotatable bonds is 4. The van der Waals surface area contributed by atoms with Gasteiger partial charge in [0.05, 0.1) is 27.6 Å². The number of aromatic nitrogens is 3. The third-order valence-corrected chi connectivity index (χ3v) is 8.04. The molecule has 6 rings (SSSR count). The van der Waals surface area contributed by atoms with Crippen molar-refractivity contribution >= 4 is 34.5 Å². The Hall–Kier alpha value is -4.63. The highest BCUT2D eigenvalue weighted by Crippen LogP contribution is 2.42. The Morgan fingerprint density at radius 3 is 2.64 bits per heavy atom. The van der Waals surface area contributed by atoms with E-state index in [2.05, 4.69) is 15.4 Å². The number of carbonyl (C=O) groups excluding carboxylic acids is 2. The first-order chi connectivity index (χ1) is 18.9. The van der Waals surface area contributed by atoms with Gasteiger partial charge in [-0.3, -0.25) is 14.3 Å². The summed E-state index contributed by atoms with van der Waals surface area (Å²) in [6.45, 7) is 2.18. The highest BCUT2D eigenvalue weighted by Gasteiger charge is 2.28. The maximum absolute atomic E-state index is 14.3. The first-order valence-electron chi connectivity index (χ1n) is 12.5. The lowest BCUT2D eigenvalue weighted by Gasteiger charge is -2.23. The number of anilines is 2. The minimum absolute atomic E-state index is 0.184. The molecule has 1 aliphatic heterocycles. The van der Waals surface area contributed by atoms with Gasteiger partial charge in [-0.1, -0.05) is 36.4 Å². The maximum Gasteiger partial charge on any atom is 0.276 e. The quantitative estimate of drug-likeness (QED) is 0.300. The molecule has 3 aromatic heterocycles. The second-order valence-corrected chi connectivity index (χ2v) is 10.4. The normalized spacial score (nSPS) is 12.4. The molecule has 0 saturated carbocycles. The zero-order valence-corrected chi connectivity index (χ0v) is 22.1. The molecule has 0 atom stereocenters. The minimum Gasteiger partial charge on any atom is -0.319 e. The van der Waals surface area contributed by atoms with E-state index in [0.29, 0.717) is 34.8 Å². The third-order valence-electron chi connectivity index (χ3n) is 6.83. The molecule has 7 nitrogen and oxygen atoms in total. The summed E-state index contributed by atoms with van der Waals surface area (Å²) in [5.74, 6) is -1.03. The van der Waals surface area contributed by atoms with Crippen LogP contribution < -0.4 is 10.2 Å². The first kappa shape index (κ1) is 24.7. The Morgan fingerprint density at radius 2 is 1.85 bits per heavy atom. The van der Waals surface area contributed by atoms with Crippen molar-refractivity contribution in [2.45, 2.75) is 13.3 Å². The summed E-state index contributed by atoms with van der Waals surface area (Å²) in [6.07, 6.45) is 2.25. The molecule has 39 heavy (non-hydrogen) atoms. The molecular weight excluding hydrogens is 513 g/mol. The van der Waals surface area contributed by atoms with Gasteiger partial charge in [-0.25, -0.2) is 9.37 Å². The van der Waals surface area contributed by atoms with Crippen LogP contribution in [0.2, 0.25) is 0 Å². The van der Waals surface area contributed by atoms with Crippen LogP contribution in [0.25, 0.3) is 21.8 Å². The average molecular weight is 538 g/mol. The van der Waals surface area contributed by atoms with E-state index in [-0.39, 0.29) is 17.5 Å². The van der Waals surface area contributed by atoms with Crippen molar-refractivity contribution < 1.29 is 14.0 Å². The van der Waals surface area contributed by atoms with Crippen LogP contribution >= 0.6 is 11.3 Å². The van der Waals surface area contributed by atoms with Crippen LogP contribution in [0.3, 0.4) is 0 Å². The topological polar surface area (TPSA) is 80.1 Å². The number of thiophene rings is 1. The Kier molecular flexibility index (Phi) is 6.28. The predicted octanol–water partition coefficient (Wildman–Crippen LogP) is 6.11. The molecule has 0 saturated heterocycles. The fourth-order valence-corrected chi connectivity index (χ4v) is 5.98. The number of hydrogen-bond acceptors (Lipinski definition) is 5. The molecule has 0 unspecified atom stereocenters. The van der Waals surface area contributed by atoms with Gasteiger partial charge in [-0.15, -0.1) is 11.3 Å². The van der Waals surface area contributed by atoms with Gasteiger partial charge in [-0.2, -0.15) is 5.10 Å². The van der Waals surface area contributed by atoms with Crippen molar-refractivity contribution in [2.24, 2.45) is 7.05 Å². The van der Waals surface area contributed by atoms with E-state index in [1.54, 1.807) is 40.9 Å². The number of aryl methyl sites for hydroxylation is 2. The fourth-order valence-electron chi connectivity index (χ4n) is 4.84. The van der Waals surface area contributed by atoms with Crippen molar-refractivity contribution in [1.29, 1.82) is 0 Å². The number of nitrogens with zero attached hydrogens (tertiary/aromatic N) is 4. The third kappa shape index (κ3) is 4.51. The summed E-state index contributed by atoms with van der Waals surface area (Å²) < 4.78 is 16.0. The van der Waals surface area contributed by atoms with E-state index in [1.807, 2.05) is 55.6 Å². The van der Waals surface area contributed by atoms with Gasteiger partial charge in [0, 0.05) is 30.2 Å². The highest BCUT2D eigenvalue weighted by molar-refractivity contribution is 7.17. The van der Waals surface area contributed by atoms with Crippen LogP contribution in [0.4, 0.5) is 15.8 Å². The van der Waals surface area contributed by atoms with Crippen LogP contribution in [-0.2, 0) is 13.5 Å². The second-order valence-electron chi connectivity index (χ2n) is 9.32. The molecule has 9 heteroatoms. The van der Waals surface area contributed by atoms with Gasteiger partial charge in [0.15, 0.2) is 0 Å². The monoisotopic (exact) mass is 537 g/mol. The number of carbonyl (C=O) groups is 2. The molecule has 0 radical (unpaired) electrons. The lowest BCUT2D eigenvalue weighted by molar-refractivity contribution is 0.0981. The zero-order chi connectivity index (χ0) is 27.1. The van der Waals surface area contributed by atoms with E-state index in [9.17, 15) is 14.0 Å². The van der Waals surface area contributed by atoms with Gasteiger partial charge >= 0.3 is 0 Å². The van der Waals surface area contributed by atoms with Gasteiger partial charge in [0.25, 0.3) is 11.8 Å². The molecule has 0 bridgehead atoms. The summed E-state index contributed by atoms with van der Waals surface area (Å²) in [5.41, 5.74) is 5.26. The van der Waals surface area contributed by atoms with E-state index >= 15 is 0 Å². The van der Waals surface area contributed by atoms with Crippen LogP contribution in [0.5, 0.6) is 0 Å². The van der Waals surface area contributed by atoms with Gasteiger partial charge < -0.3 is 10.2 Å². The highest BCUT2D eigenvalue weighted by atomic mass is 32.1. The molecule has 194 valence electrons. The lowest BCUT2D eigenvalue weighted by atomic mass is 10.1. The van der Waals surface area contributed by atoms with Crippen LogP contribution in [0.1, 0.15) is 31.3 Å². The molecule has 1 N–H and O–H groups in total. The maximum atomic E-state index is 14.3. The Bertz CT molecular complexity index is 1720. The number of pyridine rings is 1. The number of amides is 2. The largest absolute Gasteiger partial charge is 0.319 e. The molecular formula is C30H24FN5O2S. The van der Waals surface area contributed by atoms with Crippen molar-refractivity contribution in [2.75, 3.05) is 16.8 Å². The summed E-state index contributed by atoms with van der Waals surface area (Å²) in [6, 6.07) is 21.5. The van der Waals surface area contributed by atoms with E-state index in [1.165, 1.54) is 17.4 Å². The molecule has 0 aliphatic carbocycles. The number of hydrogen-bond donors (Lipinski definition) is 1. The van der Waals surface area contributed by atoms with Gasteiger partial charge in [0.2, 0.25) is 0 Å². The fraction of sp³-hybridized carbons (Fsp3) is 0.133. The van der Waals surface area contributed by atoms with Crippen LogP contribution in [0.15, 0.2) is 79.0 Å². The Balaban J connectivity index is 1.32. The summed E-state index contributed by atoms with van der Waals surface area (Å²) in [5, 5.41) is 6.93. The van der Waals surface area contributed by atoms with Crippen LogP contribution in [-0.4, -0.2) is 33.1 Å². The van der Waals surface area contributed by atoms with E-state index in [4.69, 9.17) is 0 Å². The summed E-state index contributed by atoms with van der Waals surface area (Å²) in [7, 11) is 1.83. The number of fused-ring (bicyclic) bond motifs is 3. The summed E-state index contributed by atoms with van der Waals surface area (Å²) >= 11 is 1.34. The molecule has 2 amide bonds. The van der Waals surface area contributed by atoms with Gasteiger partial charge in [0.1, 0.15) is 11.5 Å². The van der Waals surface area contributed by atoms with Crippen molar-refractivity contribution in [3.8, 4) is 21.8 Å². The standard InChI is InChI=1S/C30H24FN5O2S/c1-18-7-5-9-21(31)27(18)34-29(37)26-17-19-14-16-36(24-12-4-3-8-20(24)28(19)39-26)30(38)23-11-6-10-22(33-23)25-13-15-32-35(25)2/h3-13,15,17H,14,16H2,1-2H3,(H,34,37). The first-order valence-corrected chi connectivity index (χ1v) is 13.3. The Labute approximate surface area is 228 Å². The molecule has 4 heterocycles. The number of benzene rings is 2.